The SMILES string of the molecule is Cc1ncsc1-c1ccc([C@H](C)NC(=O)[C@@H]2C[C@@H](O)CN2C(=O)C(c2cc(-c3ccc(-c4cc(-c5ccc[nH]c5=O)nnc4N)cc3)no2)C(C)C)cc1. The lowest BCUT2D eigenvalue weighted by atomic mass is 9.91. The van der Waals surface area contributed by atoms with Crippen molar-refractivity contribution in [2.75, 3.05) is 12.3 Å². The van der Waals surface area contributed by atoms with E-state index in [-0.39, 0.29) is 48.1 Å². The maximum Gasteiger partial charge on any atom is 0.257 e. The molecule has 1 aliphatic rings. The maximum atomic E-state index is 14.2. The van der Waals surface area contributed by atoms with Crippen molar-refractivity contribution in [2.24, 2.45) is 5.92 Å². The summed E-state index contributed by atoms with van der Waals surface area (Å²) in [5, 5.41) is 26.2. The van der Waals surface area contributed by atoms with Crippen molar-refractivity contribution in [1.82, 2.24) is 35.5 Å². The van der Waals surface area contributed by atoms with Crippen LogP contribution in [0, 0.1) is 12.8 Å². The molecule has 4 aromatic heterocycles. The van der Waals surface area contributed by atoms with Crippen LogP contribution in [-0.2, 0) is 9.59 Å². The van der Waals surface area contributed by atoms with Gasteiger partial charge in [-0.25, -0.2) is 4.98 Å². The smallest absolute Gasteiger partial charge is 0.257 e. The summed E-state index contributed by atoms with van der Waals surface area (Å²) in [7, 11) is 0. The molecule has 0 spiro atoms. The zero-order chi connectivity index (χ0) is 38.1. The third kappa shape index (κ3) is 7.30. The molecule has 13 nitrogen and oxygen atoms in total. The first-order valence-electron chi connectivity index (χ1n) is 17.7. The van der Waals surface area contributed by atoms with Gasteiger partial charge in [-0.3, -0.25) is 14.4 Å². The normalized spacial score (nSPS) is 16.7. The molecule has 5 N–H and O–H groups in total. The van der Waals surface area contributed by atoms with E-state index in [1.54, 1.807) is 41.8 Å². The quantitative estimate of drug-likeness (QED) is 0.134. The first-order chi connectivity index (χ1) is 26.0. The van der Waals surface area contributed by atoms with Crippen LogP contribution in [0.1, 0.15) is 56.2 Å². The number of likely N-dealkylation sites (tertiary alicyclic amines) is 1. The Balaban J connectivity index is 1.06. The lowest BCUT2D eigenvalue weighted by molar-refractivity contribution is -0.141. The zero-order valence-corrected chi connectivity index (χ0v) is 31.0. The fraction of sp³-hybridized carbons (Fsp3) is 0.275. The van der Waals surface area contributed by atoms with Crippen LogP contribution in [0.15, 0.2) is 93.8 Å². The highest BCUT2D eigenvalue weighted by Gasteiger charge is 2.43. The number of H-pyrrole nitrogens is 1. The van der Waals surface area contributed by atoms with Gasteiger partial charge >= 0.3 is 0 Å². The molecular weight excluding hydrogens is 705 g/mol. The molecule has 0 bridgehead atoms. The van der Waals surface area contributed by atoms with E-state index in [9.17, 15) is 19.5 Å². The van der Waals surface area contributed by atoms with Crippen LogP contribution in [0.2, 0.25) is 0 Å². The van der Waals surface area contributed by atoms with Gasteiger partial charge in [0.05, 0.1) is 39.5 Å². The number of rotatable bonds is 10. The van der Waals surface area contributed by atoms with Crippen LogP contribution >= 0.6 is 11.3 Å². The first-order valence-corrected chi connectivity index (χ1v) is 18.5. The molecular formula is C40H40N8O5S. The fourth-order valence-electron chi connectivity index (χ4n) is 6.89. The Labute approximate surface area is 315 Å². The molecule has 4 atom stereocenters. The molecule has 276 valence electrons. The Morgan fingerprint density at radius 3 is 2.39 bits per heavy atom. The number of benzene rings is 2. The molecule has 6 aromatic rings. The second kappa shape index (κ2) is 15.2. The molecule has 7 rings (SSSR count). The highest BCUT2D eigenvalue weighted by molar-refractivity contribution is 7.13. The molecule has 0 saturated carbocycles. The predicted molar refractivity (Wildman–Crippen MR) is 206 cm³/mol. The summed E-state index contributed by atoms with van der Waals surface area (Å²) in [6.45, 7) is 7.72. The summed E-state index contributed by atoms with van der Waals surface area (Å²) in [6, 6.07) is 21.1. The summed E-state index contributed by atoms with van der Waals surface area (Å²) in [5.74, 6) is -1.01. The topological polar surface area (TPSA) is 193 Å². The van der Waals surface area contributed by atoms with Gasteiger partial charge in [-0.05, 0) is 54.7 Å². The minimum atomic E-state index is -0.846. The van der Waals surface area contributed by atoms with E-state index in [4.69, 9.17) is 10.3 Å². The number of thiazole rings is 1. The molecule has 1 unspecified atom stereocenters. The van der Waals surface area contributed by atoms with Gasteiger partial charge in [-0.2, -0.15) is 0 Å². The van der Waals surface area contributed by atoms with E-state index >= 15 is 0 Å². The number of nitrogens with zero attached hydrogens (tertiary/aromatic N) is 5. The lowest BCUT2D eigenvalue weighted by Crippen LogP contribution is -2.48. The van der Waals surface area contributed by atoms with Gasteiger partial charge in [-0.1, -0.05) is 67.5 Å². The number of aromatic nitrogens is 5. The van der Waals surface area contributed by atoms with Gasteiger partial charge in [-0.15, -0.1) is 21.5 Å². The molecule has 54 heavy (non-hydrogen) atoms. The van der Waals surface area contributed by atoms with Crippen LogP contribution in [0.5, 0.6) is 0 Å². The summed E-state index contributed by atoms with van der Waals surface area (Å²) in [6.07, 6.45) is 0.840. The standard InChI is InChI=1S/C40H40N8O5S/c1-21(2)35(40(52)48-19-28(49)16-33(48)39(51)44-22(3)24-7-13-27(14-8-24)36-23(4)43-20-54-36)34-18-31(47-53-34)26-11-9-25(10-12-26)30-17-32(45-46-37(30)41)29-6-5-15-42-38(29)50/h5-15,17-18,20-22,28,33,35,49H,16,19H2,1-4H3,(H2,41,46)(H,42,50)(H,44,51)/t22-,28+,33-,35?/m0/s1. The number of nitrogens with two attached hydrogens (primary N) is 1. The number of carbonyl (C=O) groups is 2. The minimum absolute atomic E-state index is 0.0350. The molecule has 1 fully saturated rings. The van der Waals surface area contributed by atoms with Crippen molar-refractivity contribution in [1.29, 1.82) is 0 Å². The fourth-order valence-corrected chi connectivity index (χ4v) is 7.71. The van der Waals surface area contributed by atoms with Crippen LogP contribution in [-0.4, -0.2) is 65.8 Å². The van der Waals surface area contributed by atoms with Crippen LogP contribution in [0.25, 0.3) is 44.1 Å². The highest BCUT2D eigenvalue weighted by Crippen LogP contribution is 2.35. The molecule has 1 aliphatic heterocycles. The number of anilines is 1. The number of nitrogens with one attached hydrogen (secondary N) is 2. The van der Waals surface area contributed by atoms with Gasteiger partial charge in [0, 0.05) is 36.4 Å². The molecule has 2 amide bonds. The number of aliphatic hydroxyl groups is 1. The van der Waals surface area contributed by atoms with Crippen LogP contribution < -0.4 is 16.6 Å². The van der Waals surface area contributed by atoms with Crippen molar-refractivity contribution in [3.8, 4) is 44.1 Å². The number of β-amino-alcohol motifs (C(OH)–C–C–N with tert-alkyl or cyclic N) is 1. The number of pyridine rings is 1. The number of amides is 2. The Bertz CT molecular complexity index is 2350. The van der Waals surface area contributed by atoms with Gasteiger partial charge in [0.1, 0.15) is 23.4 Å². The van der Waals surface area contributed by atoms with Crippen molar-refractivity contribution in [3.05, 3.63) is 112 Å². The molecule has 2 aromatic carbocycles. The van der Waals surface area contributed by atoms with Gasteiger partial charge < -0.3 is 30.6 Å². The Kier molecular flexibility index (Phi) is 10.2. The van der Waals surface area contributed by atoms with E-state index in [0.717, 1.165) is 32.8 Å². The summed E-state index contributed by atoms with van der Waals surface area (Å²) >= 11 is 1.58. The van der Waals surface area contributed by atoms with Crippen molar-refractivity contribution in [2.45, 2.75) is 58.2 Å². The summed E-state index contributed by atoms with van der Waals surface area (Å²) in [4.78, 5) is 49.8. The van der Waals surface area contributed by atoms with Crippen molar-refractivity contribution < 1.29 is 19.2 Å². The number of aromatic amines is 1. The number of carbonyl (C=O) groups excluding carboxylic acids is 2. The van der Waals surface area contributed by atoms with Crippen LogP contribution in [0.4, 0.5) is 5.82 Å². The van der Waals surface area contributed by atoms with E-state index in [2.05, 4.69) is 30.6 Å². The molecule has 1 saturated heterocycles. The zero-order valence-electron chi connectivity index (χ0n) is 30.2. The maximum absolute atomic E-state index is 14.2. The van der Waals surface area contributed by atoms with Crippen LogP contribution in [0.3, 0.4) is 0 Å². The highest BCUT2D eigenvalue weighted by atomic mass is 32.1. The number of hydrogen-bond acceptors (Lipinski definition) is 11. The number of hydrogen-bond donors (Lipinski definition) is 4. The van der Waals surface area contributed by atoms with Gasteiger partial charge in [0.15, 0.2) is 5.82 Å². The molecule has 0 aliphatic carbocycles. The molecule has 5 heterocycles. The van der Waals surface area contributed by atoms with E-state index < -0.39 is 18.1 Å². The lowest BCUT2D eigenvalue weighted by Gasteiger charge is -2.29. The third-order valence-electron chi connectivity index (χ3n) is 9.82. The monoisotopic (exact) mass is 744 g/mol. The summed E-state index contributed by atoms with van der Waals surface area (Å²) in [5.41, 5.74) is 14.1. The first kappa shape index (κ1) is 36.4. The average Bonchev–Trinajstić information content (AvgIpc) is 3.92. The second-order valence-electron chi connectivity index (χ2n) is 13.9. The Morgan fingerprint density at radius 1 is 0.981 bits per heavy atom. The largest absolute Gasteiger partial charge is 0.391 e. The third-order valence-corrected chi connectivity index (χ3v) is 10.8. The predicted octanol–water partition coefficient (Wildman–Crippen LogP) is 5.75. The second-order valence-corrected chi connectivity index (χ2v) is 14.7. The Morgan fingerprint density at radius 2 is 1.70 bits per heavy atom. The molecule has 0 radical (unpaired) electrons. The van der Waals surface area contributed by atoms with E-state index in [0.29, 0.717) is 28.3 Å². The Hall–Kier alpha value is -5.99. The average molecular weight is 745 g/mol. The summed E-state index contributed by atoms with van der Waals surface area (Å²) < 4.78 is 5.79. The van der Waals surface area contributed by atoms with Gasteiger partial charge in [0.25, 0.3) is 5.56 Å². The molecule has 14 heteroatoms. The minimum Gasteiger partial charge on any atom is -0.391 e. The van der Waals surface area contributed by atoms with E-state index in [1.807, 2.05) is 81.7 Å². The van der Waals surface area contributed by atoms with Gasteiger partial charge in [0.2, 0.25) is 11.8 Å². The van der Waals surface area contributed by atoms with Crippen molar-refractivity contribution >= 4 is 29.0 Å². The van der Waals surface area contributed by atoms with E-state index in [1.165, 1.54) is 4.90 Å². The number of aliphatic hydroxyl groups excluding tert-OH is 1. The van der Waals surface area contributed by atoms with Crippen molar-refractivity contribution in [3.63, 3.8) is 0 Å². The number of nitrogen functional groups attached to an aromatic ring is 1. The number of aryl methyl sites for hydroxylation is 1.